The minimum Gasteiger partial charge on any atom is -0.465 e. The fourth-order valence-corrected chi connectivity index (χ4v) is 2.37. The average Bonchev–Trinajstić information content (AvgIpc) is 2.77. The van der Waals surface area contributed by atoms with Crippen molar-refractivity contribution < 1.29 is 9.90 Å². The Kier molecular flexibility index (Phi) is 3.64. The second kappa shape index (κ2) is 5.19. The number of carboxylic acid groups (broad SMARTS) is 1. The Morgan fingerprint density at radius 1 is 1.47 bits per heavy atom. The lowest BCUT2D eigenvalue weighted by Gasteiger charge is -2.24. The average molecular weight is 234 g/mol. The zero-order chi connectivity index (χ0) is 12.3. The summed E-state index contributed by atoms with van der Waals surface area (Å²) >= 11 is 0. The minimum absolute atomic E-state index is 0.0682. The topological polar surface area (TPSA) is 52.6 Å². The number of rotatable bonds is 3. The smallest absolute Gasteiger partial charge is 0.404 e. The molecule has 0 spiro atoms. The van der Waals surface area contributed by atoms with E-state index in [0.29, 0.717) is 6.04 Å². The lowest BCUT2D eigenvalue weighted by molar-refractivity contribution is 0.188. The third kappa shape index (κ3) is 2.97. The molecular formula is C13H18N2O2. The Hall–Kier alpha value is -1.55. The molecule has 0 bridgehead atoms. The van der Waals surface area contributed by atoms with Crippen molar-refractivity contribution in [1.29, 1.82) is 0 Å². The van der Waals surface area contributed by atoms with Crippen molar-refractivity contribution >= 4 is 6.09 Å². The highest BCUT2D eigenvalue weighted by Gasteiger charge is 2.27. The molecule has 1 aromatic rings. The van der Waals surface area contributed by atoms with Crippen molar-refractivity contribution in [2.24, 2.45) is 0 Å². The maximum atomic E-state index is 10.6. The molecule has 0 radical (unpaired) electrons. The second-order valence-corrected chi connectivity index (χ2v) is 4.52. The fraction of sp³-hybridized carbons (Fsp3) is 0.462. The molecule has 0 aliphatic carbocycles. The van der Waals surface area contributed by atoms with Crippen LogP contribution in [0, 0.1) is 0 Å². The molecular weight excluding hydrogens is 216 g/mol. The first-order valence-electron chi connectivity index (χ1n) is 5.95. The summed E-state index contributed by atoms with van der Waals surface area (Å²) in [4.78, 5) is 12.9. The molecule has 1 unspecified atom stereocenters. The van der Waals surface area contributed by atoms with Crippen LogP contribution in [0.2, 0.25) is 0 Å². The Balaban J connectivity index is 1.94. The van der Waals surface area contributed by atoms with E-state index < -0.39 is 6.09 Å². The summed E-state index contributed by atoms with van der Waals surface area (Å²) in [5, 5.41) is 11.2. The van der Waals surface area contributed by atoms with Crippen LogP contribution < -0.4 is 5.32 Å². The molecule has 4 heteroatoms. The van der Waals surface area contributed by atoms with Crippen LogP contribution in [-0.2, 0) is 0 Å². The number of amides is 1. The van der Waals surface area contributed by atoms with Crippen molar-refractivity contribution in [3.8, 4) is 0 Å². The quantitative estimate of drug-likeness (QED) is 0.842. The SMILES string of the molecule is C[C@@H](c1ccccc1)N1CCC(NC(=O)O)C1. The number of benzene rings is 1. The van der Waals surface area contributed by atoms with Gasteiger partial charge in [-0.1, -0.05) is 30.3 Å². The summed E-state index contributed by atoms with van der Waals surface area (Å²) in [6.07, 6.45) is -0.0343. The van der Waals surface area contributed by atoms with Gasteiger partial charge in [-0.15, -0.1) is 0 Å². The molecule has 1 aliphatic rings. The van der Waals surface area contributed by atoms with Gasteiger partial charge in [0.2, 0.25) is 0 Å². The Labute approximate surface area is 101 Å². The van der Waals surface area contributed by atoms with Crippen LogP contribution in [0.25, 0.3) is 0 Å². The molecule has 2 N–H and O–H groups in total. The van der Waals surface area contributed by atoms with Crippen molar-refractivity contribution in [3.63, 3.8) is 0 Å². The van der Waals surface area contributed by atoms with E-state index in [4.69, 9.17) is 5.11 Å². The van der Waals surface area contributed by atoms with E-state index in [9.17, 15) is 4.79 Å². The van der Waals surface area contributed by atoms with Crippen molar-refractivity contribution in [1.82, 2.24) is 10.2 Å². The monoisotopic (exact) mass is 234 g/mol. The van der Waals surface area contributed by atoms with Gasteiger partial charge in [0.25, 0.3) is 0 Å². The van der Waals surface area contributed by atoms with Gasteiger partial charge in [0.15, 0.2) is 0 Å². The number of hydrogen-bond acceptors (Lipinski definition) is 2. The summed E-state index contributed by atoms with van der Waals surface area (Å²) in [7, 11) is 0. The van der Waals surface area contributed by atoms with Gasteiger partial charge in [-0.05, 0) is 18.9 Å². The van der Waals surface area contributed by atoms with Gasteiger partial charge >= 0.3 is 6.09 Å². The van der Waals surface area contributed by atoms with Crippen LogP contribution in [0.5, 0.6) is 0 Å². The third-order valence-corrected chi connectivity index (χ3v) is 3.38. The van der Waals surface area contributed by atoms with Crippen LogP contribution in [0.15, 0.2) is 30.3 Å². The lowest BCUT2D eigenvalue weighted by Crippen LogP contribution is -2.36. The summed E-state index contributed by atoms with van der Waals surface area (Å²) < 4.78 is 0. The third-order valence-electron chi connectivity index (χ3n) is 3.38. The zero-order valence-corrected chi connectivity index (χ0v) is 9.97. The van der Waals surface area contributed by atoms with Crippen LogP contribution in [-0.4, -0.2) is 35.2 Å². The fourth-order valence-electron chi connectivity index (χ4n) is 2.37. The van der Waals surface area contributed by atoms with Crippen molar-refractivity contribution in [3.05, 3.63) is 35.9 Å². The van der Waals surface area contributed by atoms with Gasteiger partial charge in [-0.3, -0.25) is 4.90 Å². The highest BCUT2D eigenvalue weighted by Crippen LogP contribution is 2.24. The van der Waals surface area contributed by atoms with E-state index >= 15 is 0 Å². The summed E-state index contributed by atoms with van der Waals surface area (Å²) in [5.41, 5.74) is 1.28. The molecule has 92 valence electrons. The van der Waals surface area contributed by atoms with E-state index in [1.165, 1.54) is 5.56 Å². The Morgan fingerprint density at radius 2 is 2.18 bits per heavy atom. The van der Waals surface area contributed by atoms with Gasteiger partial charge in [0.1, 0.15) is 0 Å². The highest BCUT2D eigenvalue weighted by atomic mass is 16.4. The van der Waals surface area contributed by atoms with E-state index in [1.807, 2.05) is 18.2 Å². The maximum Gasteiger partial charge on any atom is 0.404 e. The van der Waals surface area contributed by atoms with E-state index in [2.05, 4.69) is 29.3 Å². The molecule has 2 atom stereocenters. The molecule has 1 fully saturated rings. The predicted molar refractivity (Wildman–Crippen MR) is 66.0 cm³/mol. The van der Waals surface area contributed by atoms with E-state index in [-0.39, 0.29) is 6.04 Å². The van der Waals surface area contributed by atoms with Gasteiger partial charge < -0.3 is 10.4 Å². The number of carbonyl (C=O) groups is 1. The molecule has 1 saturated heterocycles. The number of nitrogens with one attached hydrogen (secondary N) is 1. The van der Waals surface area contributed by atoms with Crippen LogP contribution >= 0.6 is 0 Å². The van der Waals surface area contributed by atoms with Gasteiger partial charge in [0.05, 0.1) is 0 Å². The Bertz CT molecular complexity index is 380. The van der Waals surface area contributed by atoms with E-state index in [1.54, 1.807) is 0 Å². The predicted octanol–water partition coefficient (Wildman–Crippen LogP) is 2.09. The van der Waals surface area contributed by atoms with Gasteiger partial charge in [-0.2, -0.15) is 0 Å². The van der Waals surface area contributed by atoms with Crippen LogP contribution in [0.3, 0.4) is 0 Å². The summed E-state index contributed by atoms with van der Waals surface area (Å²) in [6, 6.07) is 10.7. The number of likely N-dealkylation sites (tertiary alicyclic amines) is 1. The van der Waals surface area contributed by atoms with Gasteiger partial charge in [-0.25, -0.2) is 4.79 Å². The van der Waals surface area contributed by atoms with Crippen molar-refractivity contribution in [2.75, 3.05) is 13.1 Å². The van der Waals surface area contributed by atoms with E-state index in [0.717, 1.165) is 19.5 Å². The highest BCUT2D eigenvalue weighted by molar-refractivity contribution is 5.64. The summed E-state index contributed by atoms with van der Waals surface area (Å²) in [6.45, 7) is 3.90. The molecule has 1 heterocycles. The molecule has 17 heavy (non-hydrogen) atoms. The lowest BCUT2D eigenvalue weighted by atomic mass is 10.1. The largest absolute Gasteiger partial charge is 0.465 e. The zero-order valence-electron chi connectivity index (χ0n) is 9.97. The van der Waals surface area contributed by atoms with Crippen LogP contribution in [0.1, 0.15) is 24.9 Å². The molecule has 2 rings (SSSR count). The molecule has 0 saturated carbocycles. The molecule has 1 aromatic carbocycles. The first kappa shape index (κ1) is 11.9. The second-order valence-electron chi connectivity index (χ2n) is 4.52. The molecule has 1 amide bonds. The first-order chi connectivity index (χ1) is 8.16. The molecule has 4 nitrogen and oxygen atoms in total. The Morgan fingerprint density at radius 3 is 2.82 bits per heavy atom. The molecule has 1 aliphatic heterocycles. The first-order valence-corrected chi connectivity index (χ1v) is 5.95. The normalized spacial score (nSPS) is 22.3. The standard InChI is InChI=1S/C13H18N2O2/c1-10(11-5-3-2-4-6-11)15-8-7-12(9-15)14-13(16)17/h2-6,10,12,14H,7-9H2,1H3,(H,16,17)/t10-,12?/m0/s1. The summed E-state index contributed by atoms with van der Waals surface area (Å²) in [5.74, 6) is 0. The van der Waals surface area contributed by atoms with Crippen LogP contribution in [0.4, 0.5) is 4.79 Å². The molecule has 0 aromatic heterocycles. The number of nitrogens with zero attached hydrogens (tertiary/aromatic N) is 1. The number of hydrogen-bond donors (Lipinski definition) is 2. The van der Waals surface area contributed by atoms with Crippen molar-refractivity contribution in [2.45, 2.75) is 25.4 Å². The minimum atomic E-state index is -0.927. The maximum absolute atomic E-state index is 10.6. The van der Waals surface area contributed by atoms with Gasteiger partial charge in [0, 0.05) is 25.2 Å².